The fraction of sp³-hybridized carbons (Fsp3) is 0.727. The van der Waals surface area contributed by atoms with E-state index in [-0.39, 0.29) is 0 Å². The molecule has 0 saturated heterocycles. The molecule has 17 heavy (non-hydrogen) atoms. The predicted octanol–water partition coefficient (Wildman–Crippen LogP) is 1.90. The highest BCUT2D eigenvalue weighted by atomic mass is 32.2. The van der Waals surface area contributed by atoms with Gasteiger partial charge in [0.25, 0.3) is 0 Å². The molecule has 0 atom stereocenters. The number of nitrogens with one attached hydrogen (secondary N) is 2. The summed E-state index contributed by atoms with van der Waals surface area (Å²) < 4.78 is 25.8. The largest absolute Gasteiger partial charge is 0.267 e. The zero-order chi connectivity index (χ0) is 12.7. The lowest BCUT2D eigenvalue weighted by atomic mass is 10.2. The minimum absolute atomic E-state index is 0.520. The molecule has 0 aromatic carbocycles. The summed E-state index contributed by atoms with van der Waals surface area (Å²) in [6.45, 7) is 5.02. The molecule has 0 radical (unpaired) electrons. The summed E-state index contributed by atoms with van der Waals surface area (Å²) >= 11 is 0. The van der Waals surface area contributed by atoms with E-state index in [0.29, 0.717) is 11.7 Å². The number of aromatic amines is 1. The van der Waals surface area contributed by atoms with Gasteiger partial charge in [0.05, 0.1) is 10.9 Å². The molecule has 96 valence electrons. The lowest BCUT2D eigenvalue weighted by molar-refractivity contribution is 0.565. The first-order valence-corrected chi connectivity index (χ1v) is 7.32. The van der Waals surface area contributed by atoms with Crippen LogP contribution in [0.1, 0.15) is 39.2 Å². The number of sulfonamides is 1. The van der Waals surface area contributed by atoms with Gasteiger partial charge < -0.3 is 0 Å². The predicted molar refractivity (Wildman–Crippen MR) is 67.3 cm³/mol. The number of rotatable bonds is 4. The lowest BCUT2D eigenvalue weighted by Crippen LogP contribution is -2.34. The standard InChI is InChI=1S/C11H19N3O2S/c1-11(2,3)17(15,16)14-10-9(7-12-13-10)6-8-4-5-8/h7-8H,4-6H2,1-3H3,(H2,12,13,14). The van der Waals surface area contributed by atoms with Gasteiger partial charge in [-0.25, -0.2) is 8.42 Å². The number of aromatic nitrogens is 2. The normalized spacial score (nSPS) is 17.1. The van der Waals surface area contributed by atoms with Crippen molar-refractivity contribution in [2.45, 2.75) is 44.8 Å². The molecule has 1 fully saturated rings. The molecule has 1 aromatic rings. The average Bonchev–Trinajstić information content (AvgIpc) is 2.87. The Hall–Kier alpha value is -1.04. The van der Waals surface area contributed by atoms with E-state index in [9.17, 15) is 8.42 Å². The summed E-state index contributed by atoms with van der Waals surface area (Å²) in [5, 5.41) is 6.64. The highest BCUT2D eigenvalue weighted by molar-refractivity contribution is 7.94. The molecule has 1 aromatic heterocycles. The van der Waals surface area contributed by atoms with E-state index < -0.39 is 14.8 Å². The SMILES string of the molecule is CC(C)(C)S(=O)(=O)Nc1[nH]ncc1CC1CC1. The van der Waals surface area contributed by atoms with Crippen LogP contribution < -0.4 is 4.72 Å². The van der Waals surface area contributed by atoms with E-state index >= 15 is 0 Å². The monoisotopic (exact) mass is 257 g/mol. The van der Waals surface area contributed by atoms with Gasteiger partial charge in [-0.3, -0.25) is 9.82 Å². The van der Waals surface area contributed by atoms with Crippen LogP contribution in [0.5, 0.6) is 0 Å². The third-order valence-electron chi connectivity index (χ3n) is 2.97. The molecule has 2 rings (SSSR count). The van der Waals surface area contributed by atoms with Gasteiger partial charge >= 0.3 is 0 Å². The number of hydrogen-bond acceptors (Lipinski definition) is 3. The summed E-state index contributed by atoms with van der Waals surface area (Å²) in [6.07, 6.45) is 5.07. The van der Waals surface area contributed by atoms with Crippen molar-refractivity contribution in [3.8, 4) is 0 Å². The van der Waals surface area contributed by atoms with Crippen LogP contribution in [0.25, 0.3) is 0 Å². The molecule has 5 nitrogen and oxygen atoms in total. The molecular weight excluding hydrogens is 238 g/mol. The first kappa shape index (κ1) is 12.4. The fourth-order valence-electron chi connectivity index (χ4n) is 1.47. The second-order valence-electron chi connectivity index (χ2n) is 5.64. The molecule has 1 saturated carbocycles. The summed E-state index contributed by atoms with van der Waals surface area (Å²) in [6, 6.07) is 0. The third kappa shape index (κ3) is 2.80. The van der Waals surface area contributed by atoms with Gasteiger partial charge in [-0.1, -0.05) is 0 Å². The number of nitrogens with zero attached hydrogens (tertiary/aromatic N) is 1. The minimum Gasteiger partial charge on any atom is -0.267 e. The summed E-state index contributed by atoms with van der Waals surface area (Å²) in [5.41, 5.74) is 0.959. The van der Waals surface area contributed by atoms with E-state index in [2.05, 4.69) is 14.9 Å². The van der Waals surface area contributed by atoms with Crippen LogP contribution in [0.2, 0.25) is 0 Å². The smallest absolute Gasteiger partial charge is 0.238 e. The van der Waals surface area contributed by atoms with Crippen molar-refractivity contribution in [2.75, 3.05) is 4.72 Å². The first-order chi connectivity index (χ1) is 7.79. The van der Waals surface area contributed by atoms with E-state index in [1.165, 1.54) is 12.8 Å². The second kappa shape index (κ2) is 4.01. The Morgan fingerprint density at radius 1 is 1.47 bits per heavy atom. The maximum Gasteiger partial charge on any atom is 0.238 e. The maximum absolute atomic E-state index is 12.0. The van der Waals surface area contributed by atoms with E-state index in [4.69, 9.17) is 0 Å². The number of hydrogen-bond donors (Lipinski definition) is 2. The van der Waals surface area contributed by atoms with Gasteiger partial charge in [0.1, 0.15) is 5.82 Å². The van der Waals surface area contributed by atoms with Crippen molar-refractivity contribution in [2.24, 2.45) is 5.92 Å². The van der Waals surface area contributed by atoms with Crippen molar-refractivity contribution in [3.05, 3.63) is 11.8 Å². The van der Waals surface area contributed by atoms with E-state index in [1.54, 1.807) is 27.0 Å². The van der Waals surface area contributed by atoms with Crippen LogP contribution in [-0.4, -0.2) is 23.4 Å². The number of H-pyrrole nitrogens is 1. The molecule has 0 bridgehead atoms. The highest BCUT2D eigenvalue weighted by Gasteiger charge is 2.31. The van der Waals surface area contributed by atoms with Crippen molar-refractivity contribution >= 4 is 15.8 Å². The Labute approximate surface area is 102 Å². The van der Waals surface area contributed by atoms with Crippen molar-refractivity contribution in [1.29, 1.82) is 0 Å². The number of anilines is 1. The molecule has 1 aliphatic rings. The maximum atomic E-state index is 12.0. The summed E-state index contributed by atoms with van der Waals surface area (Å²) in [7, 11) is -3.38. The van der Waals surface area contributed by atoms with Crippen LogP contribution in [-0.2, 0) is 16.4 Å². The molecule has 2 N–H and O–H groups in total. The Balaban J connectivity index is 2.15. The van der Waals surface area contributed by atoms with Crippen LogP contribution in [0, 0.1) is 5.92 Å². The van der Waals surface area contributed by atoms with Gasteiger partial charge in [0, 0.05) is 5.56 Å². The Bertz CT molecular complexity index is 495. The van der Waals surface area contributed by atoms with Crippen LogP contribution in [0.3, 0.4) is 0 Å². The topological polar surface area (TPSA) is 74.8 Å². The fourth-order valence-corrected chi connectivity index (χ4v) is 2.23. The van der Waals surface area contributed by atoms with Crippen LogP contribution in [0.4, 0.5) is 5.82 Å². The van der Waals surface area contributed by atoms with Crippen molar-refractivity contribution in [3.63, 3.8) is 0 Å². The van der Waals surface area contributed by atoms with Gasteiger partial charge in [0.15, 0.2) is 0 Å². The third-order valence-corrected chi connectivity index (χ3v) is 5.05. The molecular formula is C11H19N3O2S. The lowest BCUT2D eigenvalue weighted by Gasteiger charge is -2.20. The van der Waals surface area contributed by atoms with Gasteiger partial charge in [-0.15, -0.1) is 0 Å². The molecule has 0 spiro atoms. The van der Waals surface area contributed by atoms with Gasteiger partial charge in [0.2, 0.25) is 10.0 Å². The van der Waals surface area contributed by atoms with Crippen LogP contribution >= 0.6 is 0 Å². The average molecular weight is 257 g/mol. The van der Waals surface area contributed by atoms with Crippen molar-refractivity contribution in [1.82, 2.24) is 10.2 Å². The molecule has 0 unspecified atom stereocenters. The quantitative estimate of drug-likeness (QED) is 0.865. The van der Waals surface area contributed by atoms with E-state index in [0.717, 1.165) is 12.0 Å². The summed E-state index contributed by atoms with van der Waals surface area (Å²) in [4.78, 5) is 0. The second-order valence-corrected chi connectivity index (χ2v) is 8.07. The van der Waals surface area contributed by atoms with E-state index in [1.807, 2.05) is 0 Å². The molecule has 6 heteroatoms. The highest BCUT2D eigenvalue weighted by Crippen LogP contribution is 2.34. The Kier molecular flexibility index (Phi) is 2.93. The zero-order valence-corrected chi connectivity index (χ0v) is 11.3. The van der Waals surface area contributed by atoms with Gasteiger partial charge in [-0.05, 0) is 46.0 Å². The Morgan fingerprint density at radius 3 is 2.65 bits per heavy atom. The minimum atomic E-state index is -3.38. The Morgan fingerprint density at radius 2 is 2.12 bits per heavy atom. The molecule has 1 aliphatic carbocycles. The van der Waals surface area contributed by atoms with Gasteiger partial charge in [-0.2, -0.15) is 5.10 Å². The molecule has 1 heterocycles. The first-order valence-electron chi connectivity index (χ1n) is 5.84. The van der Waals surface area contributed by atoms with Crippen molar-refractivity contribution < 1.29 is 8.42 Å². The zero-order valence-electron chi connectivity index (χ0n) is 10.4. The molecule has 0 amide bonds. The molecule has 0 aliphatic heterocycles. The van der Waals surface area contributed by atoms with Crippen LogP contribution in [0.15, 0.2) is 6.20 Å². The summed E-state index contributed by atoms with van der Waals surface area (Å²) in [5.74, 6) is 1.22.